The Morgan fingerprint density at radius 3 is 2.92 bits per heavy atom. The summed E-state index contributed by atoms with van der Waals surface area (Å²) in [6.45, 7) is 9.02. The van der Waals surface area contributed by atoms with Gasteiger partial charge in [-0.05, 0) is 0 Å². The van der Waals surface area contributed by atoms with Crippen molar-refractivity contribution < 1.29 is 4.52 Å². The molecule has 0 unspecified atom stereocenters. The second-order valence-corrected chi connectivity index (χ2v) is 3.12. The molecule has 0 bridgehead atoms. The number of hydrogen-bond acceptors (Lipinski definition) is 4. The Morgan fingerprint density at radius 2 is 2.38 bits per heavy atom. The first kappa shape index (κ1) is 9.92. The second-order valence-electron chi connectivity index (χ2n) is 3.12. The summed E-state index contributed by atoms with van der Waals surface area (Å²) in [5.41, 5.74) is 0. The molecule has 0 spiro atoms. The average Bonchev–Trinajstić information content (AvgIpc) is 2.53. The van der Waals surface area contributed by atoms with Crippen molar-refractivity contribution in [3.63, 3.8) is 0 Å². The summed E-state index contributed by atoms with van der Waals surface area (Å²) >= 11 is 0. The minimum absolute atomic E-state index is 0.317. The highest BCUT2D eigenvalue weighted by Crippen LogP contribution is 2.08. The molecule has 0 saturated heterocycles. The fraction of sp³-hybridized carbons (Fsp3) is 0.556. The summed E-state index contributed by atoms with van der Waals surface area (Å²) < 4.78 is 5.01. The Hall–Kier alpha value is -1.16. The third kappa shape index (κ3) is 2.99. The Kier molecular flexibility index (Phi) is 3.64. The van der Waals surface area contributed by atoms with E-state index in [-0.39, 0.29) is 0 Å². The van der Waals surface area contributed by atoms with Gasteiger partial charge in [-0.2, -0.15) is 4.98 Å². The normalized spacial score (nSPS) is 10.7. The summed E-state index contributed by atoms with van der Waals surface area (Å²) in [6, 6.07) is 0. The fourth-order valence-corrected chi connectivity index (χ4v) is 0.856. The van der Waals surface area contributed by atoms with Gasteiger partial charge in [-0.3, -0.25) is 0 Å². The number of aromatic nitrogens is 2. The van der Waals surface area contributed by atoms with Gasteiger partial charge < -0.3 is 9.84 Å². The molecule has 1 heterocycles. The molecule has 1 aromatic heterocycles. The lowest BCUT2D eigenvalue weighted by atomic mass is 10.2. The number of nitrogens with one attached hydrogen (secondary N) is 1. The molecule has 1 rings (SSSR count). The minimum Gasteiger partial charge on any atom is -0.338 e. The van der Waals surface area contributed by atoms with Crippen LogP contribution >= 0.6 is 0 Å². The van der Waals surface area contributed by atoms with Gasteiger partial charge in [-0.25, -0.2) is 0 Å². The number of nitrogens with zero attached hydrogens (tertiary/aromatic N) is 2. The quantitative estimate of drug-likeness (QED) is 0.552. The molecular formula is C9H15N3O. The summed E-state index contributed by atoms with van der Waals surface area (Å²) in [6.07, 6.45) is 1.79. The van der Waals surface area contributed by atoms with E-state index in [1.165, 1.54) is 0 Å². The van der Waals surface area contributed by atoms with Crippen molar-refractivity contribution in [2.24, 2.45) is 0 Å². The summed E-state index contributed by atoms with van der Waals surface area (Å²) in [5, 5.41) is 6.93. The van der Waals surface area contributed by atoms with E-state index in [9.17, 15) is 0 Å². The van der Waals surface area contributed by atoms with E-state index >= 15 is 0 Å². The Bertz CT molecular complexity index is 268. The lowest BCUT2D eigenvalue weighted by molar-refractivity contribution is 0.363. The van der Waals surface area contributed by atoms with Crippen LogP contribution in [0.15, 0.2) is 17.2 Å². The number of hydrogen-bond donors (Lipinski definition) is 1. The molecule has 0 fully saturated rings. The van der Waals surface area contributed by atoms with Crippen LogP contribution in [0.4, 0.5) is 0 Å². The van der Waals surface area contributed by atoms with Crippen molar-refractivity contribution in [3.05, 3.63) is 24.4 Å². The Balaban J connectivity index is 2.44. The number of rotatable bonds is 5. The fourth-order valence-electron chi connectivity index (χ4n) is 0.856. The van der Waals surface area contributed by atoms with Crippen LogP contribution in [-0.4, -0.2) is 16.7 Å². The molecule has 0 aromatic carbocycles. The predicted molar refractivity (Wildman–Crippen MR) is 50.3 cm³/mol. The van der Waals surface area contributed by atoms with Gasteiger partial charge in [-0.1, -0.05) is 25.1 Å². The van der Waals surface area contributed by atoms with E-state index in [2.05, 4.69) is 22.0 Å². The molecule has 4 heteroatoms. The Labute approximate surface area is 78.0 Å². The molecule has 0 aliphatic heterocycles. The van der Waals surface area contributed by atoms with Crippen molar-refractivity contribution in [3.8, 4) is 0 Å². The monoisotopic (exact) mass is 181 g/mol. The maximum Gasteiger partial charge on any atom is 0.240 e. The minimum atomic E-state index is 0.317. The van der Waals surface area contributed by atoms with Crippen molar-refractivity contribution in [1.82, 2.24) is 15.5 Å². The highest BCUT2D eigenvalue weighted by molar-refractivity contribution is 4.91. The molecule has 0 aliphatic carbocycles. The molecule has 0 radical (unpaired) electrons. The molecule has 0 atom stereocenters. The summed E-state index contributed by atoms with van der Waals surface area (Å²) in [5.74, 6) is 1.71. The van der Waals surface area contributed by atoms with E-state index in [0.29, 0.717) is 18.4 Å². The van der Waals surface area contributed by atoms with Crippen LogP contribution in [0.5, 0.6) is 0 Å². The first-order valence-electron chi connectivity index (χ1n) is 4.38. The van der Waals surface area contributed by atoms with E-state index < -0.39 is 0 Å². The average molecular weight is 181 g/mol. The zero-order chi connectivity index (χ0) is 9.68. The van der Waals surface area contributed by atoms with Crippen LogP contribution < -0.4 is 5.32 Å². The van der Waals surface area contributed by atoms with Crippen molar-refractivity contribution in [2.45, 2.75) is 26.3 Å². The van der Waals surface area contributed by atoms with E-state index in [4.69, 9.17) is 4.52 Å². The lowest BCUT2D eigenvalue weighted by Crippen LogP contribution is -2.12. The van der Waals surface area contributed by atoms with Gasteiger partial charge in [-0.15, -0.1) is 6.58 Å². The topological polar surface area (TPSA) is 51.0 Å². The van der Waals surface area contributed by atoms with Gasteiger partial charge in [0.05, 0.1) is 6.54 Å². The van der Waals surface area contributed by atoms with Crippen LogP contribution in [0, 0.1) is 0 Å². The molecular weight excluding hydrogens is 166 g/mol. The van der Waals surface area contributed by atoms with Crippen molar-refractivity contribution in [1.29, 1.82) is 0 Å². The molecule has 72 valence electrons. The van der Waals surface area contributed by atoms with Crippen LogP contribution in [0.1, 0.15) is 31.5 Å². The third-order valence-electron chi connectivity index (χ3n) is 1.57. The zero-order valence-corrected chi connectivity index (χ0v) is 8.08. The van der Waals surface area contributed by atoms with Crippen LogP contribution in [-0.2, 0) is 6.54 Å². The van der Waals surface area contributed by atoms with Crippen LogP contribution in [0.3, 0.4) is 0 Å². The maximum atomic E-state index is 5.01. The maximum absolute atomic E-state index is 5.01. The highest BCUT2D eigenvalue weighted by atomic mass is 16.5. The van der Waals surface area contributed by atoms with Gasteiger partial charge in [0.2, 0.25) is 5.89 Å². The SMILES string of the molecule is C=CCNCc1nc(C(C)C)no1. The smallest absolute Gasteiger partial charge is 0.240 e. The molecule has 0 saturated carbocycles. The molecule has 4 nitrogen and oxygen atoms in total. The molecule has 13 heavy (non-hydrogen) atoms. The summed E-state index contributed by atoms with van der Waals surface area (Å²) in [4.78, 5) is 4.21. The van der Waals surface area contributed by atoms with Crippen molar-refractivity contribution >= 4 is 0 Å². The standard InChI is InChI=1S/C9H15N3O/c1-4-5-10-6-8-11-9(7(2)3)12-13-8/h4,7,10H,1,5-6H2,2-3H3. The van der Waals surface area contributed by atoms with Gasteiger partial charge in [0.15, 0.2) is 5.82 Å². The van der Waals surface area contributed by atoms with Crippen LogP contribution in [0.25, 0.3) is 0 Å². The predicted octanol–water partition coefficient (Wildman–Crippen LogP) is 1.47. The third-order valence-corrected chi connectivity index (χ3v) is 1.57. The first-order valence-corrected chi connectivity index (χ1v) is 4.38. The summed E-state index contributed by atoms with van der Waals surface area (Å²) in [7, 11) is 0. The van der Waals surface area contributed by atoms with E-state index in [0.717, 1.165) is 12.4 Å². The van der Waals surface area contributed by atoms with Gasteiger partial charge in [0.25, 0.3) is 0 Å². The van der Waals surface area contributed by atoms with E-state index in [1.54, 1.807) is 6.08 Å². The van der Waals surface area contributed by atoms with Crippen molar-refractivity contribution in [2.75, 3.05) is 6.54 Å². The van der Waals surface area contributed by atoms with E-state index in [1.807, 2.05) is 13.8 Å². The highest BCUT2D eigenvalue weighted by Gasteiger charge is 2.08. The first-order chi connectivity index (χ1) is 6.24. The Morgan fingerprint density at radius 1 is 1.62 bits per heavy atom. The molecule has 0 aliphatic rings. The largest absolute Gasteiger partial charge is 0.338 e. The van der Waals surface area contributed by atoms with Gasteiger partial charge >= 0.3 is 0 Å². The lowest BCUT2D eigenvalue weighted by Gasteiger charge is -1.94. The molecule has 1 aromatic rings. The molecule has 0 amide bonds. The van der Waals surface area contributed by atoms with Gasteiger partial charge in [0.1, 0.15) is 0 Å². The van der Waals surface area contributed by atoms with Crippen LogP contribution in [0.2, 0.25) is 0 Å². The molecule has 1 N–H and O–H groups in total. The zero-order valence-electron chi connectivity index (χ0n) is 8.08. The van der Waals surface area contributed by atoms with Gasteiger partial charge in [0, 0.05) is 12.5 Å². The second kappa shape index (κ2) is 4.77.